The molecule has 14 heavy (non-hydrogen) atoms. The summed E-state index contributed by atoms with van der Waals surface area (Å²) < 4.78 is 5.93. The van der Waals surface area contributed by atoms with Crippen LogP contribution in [-0.4, -0.2) is 5.78 Å². The molecule has 0 saturated heterocycles. The van der Waals surface area contributed by atoms with E-state index in [2.05, 4.69) is 15.9 Å². The number of hydrogen-bond donors (Lipinski definition) is 0. The van der Waals surface area contributed by atoms with Gasteiger partial charge in [-0.3, -0.25) is 4.79 Å². The normalized spacial score (nSPS) is 10.4. The van der Waals surface area contributed by atoms with Crippen LogP contribution in [-0.2, 0) is 0 Å². The van der Waals surface area contributed by atoms with Gasteiger partial charge in [0.05, 0.1) is 11.8 Å². The molecule has 0 radical (unpaired) electrons. The molecule has 2 aromatic rings. The Hall–Kier alpha value is -0.870. The van der Waals surface area contributed by atoms with Crippen LogP contribution in [0.15, 0.2) is 32.0 Å². The van der Waals surface area contributed by atoms with Gasteiger partial charge in [0.25, 0.3) is 0 Å². The monoisotopic (exact) mass is 270 g/mol. The van der Waals surface area contributed by atoms with Crippen LogP contribution in [0.2, 0.25) is 0 Å². The van der Waals surface area contributed by atoms with Crippen LogP contribution in [0.5, 0.6) is 0 Å². The SMILES string of the molecule is Cc1occc1C(=O)c1cscc1Br. The summed E-state index contributed by atoms with van der Waals surface area (Å²) in [7, 11) is 0. The molecule has 4 heteroatoms. The van der Waals surface area contributed by atoms with Gasteiger partial charge in [0, 0.05) is 20.8 Å². The number of hydrogen-bond acceptors (Lipinski definition) is 3. The smallest absolute Gasteiger partial charge is 0.198 e. The lowest BCUT2D eigenvalue weighted by Gasteiger charge is -1.96. The zero-order valence-electron chi connectivity index (χ0n) is 7.41. The number of thiophene rings is 1. The van der Waals surface area contributed by atoms with Crippen molar-refractivity contribution in [2.45, 2.75) is 6.92 Å². The standard InChI is InChI=1S/C10H7BrO2S/c1-6-7(2-3-13-6)10(12)8-4-14-5-9(8)11/h2-5H,1H3. The van der Waals surface area contributed by atoms with Crippen LogP contribution in [0.1, 0.15) is 21.7 Å². The minimum Gasteiger partial charge on any atom is -0.469 e. The number of ketones is 1. The maximum absolute atomic E-state index is 11.9. The van der Waals surface area contributed by atoms with E-state index < -0.39 is 0 Å². The minimum absolute atomic E-state index is 0.00405. The second-order valence-corrected chi connectivity index (χ2v) is 4.45. The van der Waals surface area contributed by atoms with Crippen molar-refractivity contribution in [2.75, 3.05) is 0 Å². The Morgan fingerprint density at radius 1 is 1.43 bits per heavy atom. The molecule has 0 unspecified atom stereocenters. The van der Waals surface area contributed by atoms with Gasteiger partial charge in [-0.2, -0.15) is 11.3 Å². The molecule has 0 aliphatic heterocycles. The van der Waals surface area contributed by atoms with E-state index in [-0.39, 0.29) is 5.78 Å². The van der Waals surface area contributed by atoms with Crippen molar-refractivity contribution in [3.8, 4) is 0 Å². The first kappa shape index (κ1) is 9.68. The van der Waals surface area contributed by atoms with Gasteiger partial charge >= 0.3 is 0 Å². The lowest BCUT2D eigenvalue weighted by atomic mass is 10.1. The fourth-order valence-electron chi connectivity index (χ4n) is 1.21. The Kier molecular flexibility index (Phi) is 2.56. The van der Waals surface area contributed by atoms with E-state index in [0.717, 1.165) is 4.47 Å². The van der Waals surface area contributed by atoms with Gasteiger partial charge in [-0.15, -0.1) is 0 Å². The molecule has 0 saturated carbocycles. The van der Waals surface area contributed by atoms with Crippen LogP contribution in [0.3, 0.4) is 0 Å². The van der Waals surface area contributed by atoms with Crippen molar-refractivity contribution < 1.29 is 9.21 Å². The second kappa shape index (κ2) is 3.71. The van der Waals surface area contributed by atoms with Crippen molar-refractivity contribution in [3.05, 3.63) is 44.4 Å². The molecule has 0 aliphatic carbocycles. The Balaban J connectivity index is 2.44. The average Bonchev–Trinajstić information content (AvgIpc) is 2.73. The van der Waals surface area contributed by atoms with Gasteiger partial charge in [-0.1, -0.05) is 0 Å². The van der Waals surface area contributed by atoms with Gasteiger partial charge in [0.1, 0.15) is 5.76 Å². The Labute approximate surface area is 93.7 Å². The van der Waals surface area contributed by atoms with Gasteiger partial charge in [-0.05, 0) is 28.9 Å². The summed E-state index contributed by atoms with van der Waals surface area (Å²) in [4.78, 5) is 11.9. The van der Waals surface area contributed by atoms with E-state index in [1.165, 1.54) is 17.6 Å². The van der Waals surface area contributed by atoms with Crippen molar-refractivity contribution in [1.82, 2.24) is 0 Å². The van der Waals surface area contributed by atoms with Gasteiger partial charge in [-0.25, -0.2) is 0 Å². The highest BCUT2D eigenvalue weighted by Crippen LogP contribution is 2.25. The largest absolute Gasteiger partial charge is 0.469 e. The summed E-state index contributed by atoms with van der Waals surface area (Å²) in [5.41, 5.74) is 1.32. The summed E-state index contributed by atoms with van der Waals surface area (Å²) in [6, 6.07) is 1.70. The van der Waals surface area contributed by atoms with Gasteiger partial charge < -0.3 is 4.42 Å². The molecule has 0 bridgehead atoms. The third-order valence-corrected chi connectivity index (χ3v) is 3.67. The summed E-state index contributed by atoms with van der Waals surface area (Å²) >= 11 is 4.84. The Bertz CT molecular complexity index is 428. The molecule has 2 rings (SSSR count). The van der Waals surface area contributed by atoms with E-state index in [1.54, 1.807) is 13.0 Å². The van der Waals surface area contributed by atoms with Gasteiger partial charge in [0.15, 0.2) is 5.78 Å². The average molecular weight is 271 g/mol. The highest BCUT2D eigenvalue weighted by molar-refractivity contribution is 9.10. The number of furan rings is 1. The summed E-state index contributed by atoms with van der Waals surface area (Å²) in [5, 5.41) is 3.72. The molecule has 0 spiro atoms. The van der Waals surface area contributed by atoms with E-state index in [1.807, 2.05) is 10.8 Å². The third-order valence-electron chi connectivity index (χ3n) is 1.96. The highest BCUT2D eigenvalue weighted by atomic mass is 79.9. The topological polar surface area (TPSA) is 30.2 Å². The van der Waals surface area contributed by atoms with Gasteiger partial charge in [0.2, 0.25) is 0 Å². The van der Waals surface area contributed by atoms with Crippen LogP contribution in [0, 0.1) is 6.92 Å². The number of carbonyl (C=O) groups is 1. The second-order valence-electron chi connectivity index (χ2n) is 2.85. The molecule has 72 valence electrons. The van der Waals surface area contributed by atoms with Crippen LogP contribution < -0.4 is 0 Å². The summed E-state index contributed by atoms with van der Waals surface area (Å²) in [6.07, 6.45) is 1.53. The fraction of sp³-hybridized carbons (Fsp3) is 0.100. The highest BCUT2D eigenvalue weighted by Gasteiger charge is 2.16. The van der Waals surface area contributed by atoms with Crippen molar-refractivity contribution in [2.24, 2.45) is 0 Å². The number of aryl methyl sites for hydroxylation is 1. The number of halogens is 1. The molecule has 0 fully saturated rings. The molecule has 0 aromatic carbocycles. The van der Waals surface area contributed by atoms with E-state index >= 15 is 0 Å². The maximum Gasteiger partial charge on any atom is 0.198 e. The Morgan fingerprint density at radius 2 is 2.21 bits per heavy atom. The molecular weight excluding hydrogens is 264 g/mol. The molecule has 0 amide bonds. The summed E-state index contributed by atoms with van der Waals surface area (Å²) in [6.45, 7) is 1.79. The molecule has 0 aliphatic rings. The minimum atomic E-state index is 0.00405. The fourth-order valence-corrected chi connectivity index (χ4v) is 2.66. The van der Waals surface area contributed by atoms with Crippen LogP contribution in [0.4, 0.5) is 0 Å². The molecule has 0 atom stereocenters. The first-order valence-corrected chi connectivity index (χ1v) is 5.74. The van der Waals surface area contributed by atoms with Crippen LogP contribution >= 0.6 is 27.3 Å². The molecule has 2 heterocycles. The molecule has 2 nitrogen and oxygen atoms in total. The van der Waals surface area contributed by atoms with Crippen molar-refractivity contribution >= 4 is 33.0 Å². The lowest BCUT2D eigenvalue weighted by molar-refractivity contribution is 0.103. The van der Waals surface area contributed by atoms with Crippen molar-refractivity contribution in [1.29, 1.82) is 0 Å². The number of carbonyl (C=O) groups excluding carboxylic acids is 1. The third kappa shape index (κ3) is 1.55. The van der Waals surface area contributed by atoms with Crippen LogP contribution in [0.25, 0.3) is 0 Å². The molecular formula is C10H7BrO2S. The molecule has 2 aromatic heterocycles. The lowest BCUT2D eigenvalue weighted by Crippen LogP contribution is -2.00. The first-order valence-electron chi connectivity index (χ1n) is 4.00. The van der Waals surface area contributed by atoms with E-state index in [0.29, 0.717) is 16.9 Å². The maximum atomic E-state index is 11.9. The zero-order chi connectivity index (χ0) is 10.1. The summed E-state index contributed by atoms with van der Waals surface area (Å²) in [5.74, 6) is 0.664. The molecule has 0 N–H and O–H groups in total. The predicted molar refractivity (Wildman–Crippen MR) is 58.9 cm³/mol. The van der Waals surface area contributed by atoms with E-state index in [9.17, 15) is 4.79 Å². The zero-order valence-corrected chi connectivity index (χ0v) is 9.81. The quantitative estimate of drug-likeness (QED) is 0.780. The number of rotatable bonds is 2. The first-order chi connectivity index (χ1) is 6.70. The van der Waals surface area contributed by atoms with Crippen molar-refractivity contribution in [3.63, 3.8) is 0 Å². The predicted octanol–water partition coefficient (Wildman–Crippen LogP) is 3.64. The van der Waals surface area contributed by atoms with E-state index in [4.69, 9.17) is 4.42 Å². The Morgan fingerprint density at radius 3 is 2.71 bits per heavy atom.